The molecule has 2 heterocycles. The largest absolute Gasteiger partial charge is 0.348 e. The monoisotopic (exact) mass is 352 g/mol. The summed E-state index contributed by atoms with van der Waals surface area (Å²) in [7, 11) is 0. The van der Waals surface area contributed by atoms with Crippen LogP contribution in [0.1, 0.15) is 15.9 Å². The molecule has 0 atom stereocenters. The maximum Gasteiger partial charge on any atom is 0.254 e. The smallest absolute Gasteiger partial charge is 0.254 e. The quantitative estimate of drug-likeness (QED) is 0.611. The highest BCUT2D eigenvalue weighted by Crippen LogP contribution is 2.24. The Morgan fingerprint density at radius 3 is 2.76 bits per heavy atom. The Morgan fingerprint density at radius 2 is 1.96 bits per heavy atom. The Labute approximate surface area is 146 Å². The summed E-state index contributed by atoms with van der Waals surface area (Å²) in [6.07, 6.45) is 3.16. The van der Waals surface area contributed by atoms with Crippen LogP contribution in [0.3, 0.4) is 0 Å². The number of halogens is 1. The summed E-state index contributed by atoms with van der Waals surface area (Å²) < 4.78 is 15.5. The normalized spacial score (nSPS) is 10.9. The zero-order valence-electron chi connectivity index (χ0n) is 13.0. The number of rotatable bonds is 4. The fourth-order valence-corrected chi connectivity index (χ4v) is 3.29. The lowest BCUT2D eigenvalue weighted by Gasteiger charge is -2.03. The predicted octanol–water partition coefficient (Wildman–Crippen LogP) is 3.55. The summed E-state index contributed by atoms with van der Waals surface area (Å²) in [5, 5.41) is 7.73. The van der Waals surface area contributed by atoms with E-state index in [1.165, 1.54) is 29.7 Å². The van der Waals surface area contributed by atoms with Crippen LogP contribution < -0.4 is 5.32 Å². The van der Waals surface area contributed by atoms with Gasteiger partial charge >= 0.3 is 0 Å². The number of aromatic nitrogens is 3. The third-order valence-corrected chi connectivity index (χ3v) is 4.72. The van der Waals surface area contributed by atoms with Gasteiger partial charge < -0.3 is 5.32 Å². The fourth-order valence-electron chi connectivity index (χ4n) is 2.39. The molecule has 0 aliphatic carbocycles. The molecule has 0 aliphatic heterocycles. The van der Waals surface area contributed by atoms with Crippen LogP contribution in [-0.4, -0.2) is 20.7 Å². The van der Waals surface area contributed by atoms with E-state index in [4.69, 9.17) is 0 Å². The van der Waals surface area contributed by atoms with E-state index in [-0.39, 0.29) is 11.7 Å². The van der Waals surface area contributed by atoms with Crippen LogP contribution in [0.4, 0.5) is 4.39 Å². The van der Waals surface area contributed by atoms with Gasteiger partial charge in [-0.15, -0.1) is 0 Å². The number of hydrogen-bond donors (Lipinski definition) is 1. The molecule has 124 valence electrons. The molecule has 1 amide bonds. The molecule has 0 saturated carbocycles. The second kappa shape index (κ2) is 6.45. The van der Waals surface area contributed by atoms with Crippen molar-refractivity contribution in [3.05, 3.63) is 77.9 Å². The van der Waals surface area contributed by atoms with Crippen LogP contribution in [0.15, 0.2) is 60.9 Å². The average Bonchev–Trinajstić information content (AvgIpc) is 3.27. The molecule has 0 spiro atoms. The van der Waals surface area contributed by atoms with Crippen molar-refractivity contribution in [2.75, 3.05) is 0 Å². The summed E-state index contributed by atoms with van der Waals surface area (Å²) >= 11 is 1.51. The number of carbonyl (C=O) groups is 1. The third-order valence-electron chi connectivity index (χ3n) is 3.69. The van der Waals surface area contributed by atoms with Crippen LogP contribution in [0, 0.1) is 5.82 Å². The van der Waals surface area contributed by atoms with E-state index in [0.29, 0.717) is 17.2 Å². The van der Waals surface area contributed by atoms with E-state index >= 15 is 0 Å². The number of thiazole rings is 1. The molecule has 7 heteroatoms. The predicted molar refractivity (Wildman–Crippen MR) is 94.3 cm³/mol. The average molecular weight is 352 g/mol. The fraction of sp³-hybridized carbons (Fsp3) is 0.0556. The number of nitrogens with zero attached hydrogens (tertiary/aromatic N) is 3. The van der Waals surface area contributed by atoms with Crippen molar-refractivity contribution in [3.63, 3.8) is 0 Å². The van der Waals surface area contributed by atoms with Crippen molar-refractivity contribution in [1.29, 1.82) is 0 Å². The molecule has 0 fully saturated rings. The molecule has 1 N–H and O–H groups in total. The van der Waals surface area contributed by atoms with Crippen LogP contribution >= 0.6 is 11.3 Å². The summed E-state index contributed by atoms with van der Waals surface area (Å²) in [6.45, 7) is 0.325. The molecule has 2 aromatic carbocycles. The first kappa shape index (κ1) is 15.5. The number of hydrogen-bond acceptors (Lipinski definition) is 4. The highest BCUT2D eigenvalue weighted by molar-refractivity contribution is 7.20. The number of para-hydroxylation sites is 1. The van der Waals surface area contributed by atoms with Crippen molar-refractivity contribution in [1.82, 2.24) is 20.1 Å². The van der Waals surface area contributed by atoms with Crippen LogP contribution in [-0.2, 0) is 6.54 Å². The lowest BCUT2D eigenvalue weighted by atomic mass is 10.2. The Hall–Kier alpha value is -3.06. The third kappa shape index (κ3) is 3.27. The number of carbonyl (C=O) groups excluding carboxylic acids is 1. The van der Waals surface area contributed by atoms with Gasteiger partial charge in [-0.1, -0.05) is 35.6 Å². The molecule has 0 radical (unpaired) electrons. The van der Waals surface area contributed by atoms with Crippen molar-refractivity contribution < 1.29 is 9.18 Å². The van der Waals surface area contributed by atoms with Gasteiger partial charge in [-0.25, -0.2) is 14.1 Å². The van der Waals surface area contributed by atoms with E-state index in [1.807, 2.05) is 24.3 Å². The van der Waals surface area contributed by atoms with Crippen molar-refractivity contribution in [2.24, 2.45) is 0 Å². The van der Waals surface area contributed by atoms with Gasteiger partial charge in [0.25, 0.3) is 5.91 Å². The first-order chi connectivity index (χ1) is 12.2. The maximum atomic E-state index is 12.9. The highest BCUT2D eigenvalue weighted by Gasteiger charge is 2.12. The summed E-state index contributed by atoms with van der Waals surface area (Å²) in [4.78, 5) is 16.8. The van der Waals surface area contributed by atoms with Gasteiger partial charge in [0.05, 0.1) is 22.0 Å². The molecule has 4 rings (SSSR count). The van der Waals surface area contributed by atoms with Gasteiger partial charge in [-0.3, -0.25) is 4.79 Å². The van der Waals surface area contributed by atoms with E-state index < -0.39 is 0 Å². The number of benzene rings is 2. The number of nitrogens with one attached hydrogen (secondary N) is 1. The van der Waals surface area contributed by atoms with Gasteiger partial charge in [-0.05, 0) is 29.8 Å². The minimum atomic E-state index is -0.299. The Morgan fingerprint density at radius 1 is 1.16 bits per heavy atom. The SMILES string of the molecule is O=C(NCc1ccc(F)cc1)c1cnn(-c2nc3ccccc3s2)c1. The topological polar surface area (TPSA) is 59.8 Å². The Kier molecular flexibility index (Phi) is 3.99. The maximum absolute atomic E-state index is 12.9. The van der Waals surface area contributed by atoms with Gasteiger partial charge in [0, 0.05) is 12.7 Å². The lowest BCUT2D eigenvalue weighted by Crippen LogP contribution is -2.22. The van der Waals surface area contributed by atoms with E-state index in [2.05, 4.69) is 15.4 Å². The molecule has 2 aromatic heterocycles. The highest BCUT2D eigenvalue weighted by atomic mass is 32.1. The second-order valence-electron chi connectivity index (χ2n) is 5.45. The summed E-state index contributed by atoms with van der Waals surface area (Å²) in [5.74, 6) is -0.538. The number of fused-ring (bicyclic) bond motifs is 1. The van der Waals surface area contributed by atoms with Gasteiger partial charge in [0.15, 0.2) is 0 Å². The molecule has 25 heavy (non-hydrogen) atoms. The lowest BCUT2D eigenvalue weighted by molar-refractivity contribution is 0.0951. The van der Waals surface area contributed by atoms with E-state index in [9.17, 15) is 9.18 Å². The molecule has 0 unspecified atom stereocenters. The van der Waals surface area contributed by atoms with Crippen LogP contribution in [0.5, 0.6) is 0 Å². The van der Waals surface area contributed by atoms with Crippen molar-refractivity contribution in [3.8, 4) is 5.13 Å². The standard InChI is InChI=1S/C18H13FN4OS/c19-14-7-5-12(6-8-14)9-20-17(24)13-10-21-23(11-13)18-22-15-3-1-2-4-16(15)25-18/h1-8,10-11H,9H2,(H,20,24). The second-order valence-corrected chi connectivity index (χ2v) is 6.46. The van der Waals surface area contributed by atoms with E-state index in [1.54, 1.807) is 23.0 Å². The Bertz CT molecular complexity index is 1010. The zero-order chi connectivity index (χ0) is 17.2. The van der Waals surface area contributed by atoms with Crippen molar-refractivity contribution in [2.45, 2.75) is 6.54 Å². The minimum Gasteiger partial charge on any atom is -0.348 e. The first-order valence-corrected chi connectivity index (χ1v) is 8.44. The molecular formula is C18H13FN4OS. The van der Waals surface area contributed by atoms with Crippen LogP contribution in [0.2, 0.25) is 0 Å². The summed E-state index contributed by atoms with van der Waals surface area (Å²) in [6, 6.07) is 13.8. The summed E-state index contributed by atoms with van der Waals surface area (Å²) in [5.41, 5.74) is 2.18. The molecular weight excluding hydrogens is 339 g/mol. The molecule has 4 aromatic rings. The minimum absolute atomic E-state index is 0.239. The first-order valence-electron chi connectivity index (χ1n) is 7.62. The van der Waals surface area contributed by atoms with Crippen LogP contribution in [0.25, 0.3) is 15.3 Å². The van der Waals surface area contributed by atoms with Gasteiger partial charge in [0.2, 0.25) is 5.13 Å². The Balaban J connectivity index is 1.48. The van der Waals surface area contributed by atoms with E-state index in [0.717, 1.165) is 15.8 Å². The molecule has 0 bridgehead atoms. The molecule has 5 nitrogen and oxygen atoms in total. The van der Waals surface area contributed by atoms with Crippen molar-refractivity contribution >= 4 is 27.5 Å². The molecule has 0 aliphatic rings. The van der Waals surface area contributed by atoms with Gasteiger partial charge in [0.1, 0.15) is 5.82 Å². The molecule has 0 saturated heterocycles. The van der Waals surface area contributed by atoms with Gasteiger partial charge in [-0.2, -0.15) is 5.10 Å². The number of amides is 1. The zero-order valence-corrected chi connectivity index (χ0v) is 13.8.